The van der Waals surface area contributed by atoms with Crippen molar-refractivity contribution in [2.45, 2.75) is 27.2 Å². The van der Waals surface area contributed by atoms with Crippen LogP contribution in [0.3, 0.4) is 0 Å². The van der Waals surface area contributed by atoms with Crippen molar-refractivity contribution in [2.24, 2.45) is 5.92 Å². The van der Waals surface area contributed by atoms with Gasteiger partial charge in [0.25, 0.3) is 0 Å². The van der Waals surface area contributed by atoms with E-state index in [2.05, 4.69) is 29.5 Å². The predicted octanol–water partition coefficient (Wildman–Crippen LogP) is 3.45. The average Bonchev–Trinajstić information content (AvgIpc) is 3.00. The minimum absolute atomic E-state index is 0.281. The number of carbonyl (C=O) groups excluding carboxylic acids is 2. The van der Waals surface area contributed by atoms with Gasteiger partial charge in [-0.3, -0.25) is 9.59 Å². The van der Waals surface area contributed by atoms with Crippen LogP contribution in [0.4, 0.5) is 10.8 Å². The van der Waals surface area contributed by atoms with E-state index in [0.29, 0.717) is 29.1 Å². The molecule has 0 saturated heterocycles. The lowest BCUT2D eigenvalue weighted by Gasteiger charge is -2.14. The van der Waals surface area contributed by atoms with E-state index in [-0.39, 0.29) is 6.42 Å². The molecule has 0 bridgehead atoms. The lowest BCUT2D eigenvalue weighted by molar-refractivity contribution is -0.123. The number of thiazole rings is 1. The second-order valence-electron chi connectivity index (χ2n) is 5.81. The first kappa shape index (κ1) is 17.9. The Morgan fingerprint density at radius 3 is 2.67 bits per heavy atom. The van der Waals surface area contributed by atoms with E-state index in [1.807, 2.05) is 19.1 Å². The topological polar surface area (TPSA) is 80.3 Å². The molecule has 0 aliphatic rings. The zero-order valence-corrected chi connectivity index (χ0v) is 14.8. The summed E-state index contributed by atoms with van der Waals surface area (Å²) in [6, 6.07) is 5.53. The van der Waals surface area contributed by atoms with Gasteiger partial charge in [0.05, 0.1) is 12.3 Å². The van der Waals surface area contributed by atoms with Gasteiger partial charge in [-0.25, -0.2) is 4.98 Å². The fraction of sp³-hybridized carbons (Fsp3) is 0.353. The molecule has 128 valence electrons. The molecule has 0 aliphatic carbocycles. The molecule has 0 atom stereocenters. The molecular formula is C17H21N3O3S. The Hall–Kier alpha value is -2.41. The number of rotatable bonds is 7. The number of anilines is 2. The Morgan fingerprint density at radius 1 is 1.25 bits per heavy atom. The maximum Gasteiger partial charge on any atom is 0.235 e. The van der Waals surface area contributed by atoms with E-state index < -0.39 is 11.8 Å². The number of amides is 2. The maximum atomic E-state index is 12.1. The molecule has 2 N–H and O–H groups in total. The Labute approximate surface area is 145 Å². The number of aryl methyl sites for hydroxylation is 1. The molecule has 6 nitrogen and oxygen atoms in total. The molecule has 24 heavy (non-hydrogen) atoms. The van der Waals surface area contributed by atoms with Gasteiger partial charge in [-0.15, -0.1) is 11.3 Å². The van der Waals surface area contributed by atoms with Crippen LogP contribution in [-0.2, 0) is 9.59 Å². The first-order chi connectivity index (χ1) is 11.4. The summed E-state index contributed by atoms with van der Waals surface area (Å²) in [5.74, 6) is 0.178. The van der Waals surface area contributed by atoms with Gasteiger partial charge in [0.1, 0.15) is 12.2 Å². The highest BCUT2D eigenvalue weighted by Gasteiger charge is 2.13. The highest BCUT2D eigenvalue weighted by molar-refractivity contribution is 7.13. The van der Waals surface area contributed by atoms with Gasteiger partial charge in [0, 0.05) is 11.6 Å². The molecule has 0 unspecified atom stereocenters. The monoisotopic (exact) mass is 347 g/mol. The average molecular weight is 347 g/mol. The number of hydrogen-bond acceptors (Lipinski definition) is 5. The van der Waals surface area contributed by atoms with Crippen molar-refractivity contribution in [3.63, 3.8) is 0 Å². The van der Waals surface area contributed by atoms with Gasteiger partial charge in [0.2, 0.25) is 11.8 Å². The van der Waals surface area contributed by atoms with Gasteiger partial charge in [-0.2, -0.15) is 0 Å². The molecule has 1 heterocycles. The third-order valence-corrected chi connectivity index (χ3v) is 3.67. The van der Waals surface area contributed by atoms with E-state index in [0.717, 1.165) is 5.56 Å². The molecule has 1 aromatic carbocycles. The van der Waals surface area contributed by atoms with Crippen LogP contribution in [0, 0.1) is 12.8 Å². The van der Waals surface area contributed by atoms with Crippen LogP contribution >= 0.6 is 11.3 Å². The largest absolute Gasteiger partial charge is 0.491 e. The molecule has 0 aliphatic heterocycles. The van der Waals surface area contributed by atoms with Gasteiger partial charge < -0.3 is 15.4 Å². The third kappa shape index (κ3) is 5.66. The quantitative estimate of drug-likeness (QED) is 0.752. The summed E-state index contributed by atoms with van der Waals surface area (Å²) in [5.41, 5.74) is 1.60. The highest BCUT2D eigenvalue weighted by Crippen LogP contribution is 2.26. The smallest absolute Gasteiger partial charge is 0.235 e. The van der Waals surface area contributed by atoms with Gasteiger partial charge in [-0.05, 0) is 30.5 Å². The zero-order valence-electron chi connectivity index (χ0n) is 14.0. The second kappa shape index (κ2) is 8.44. The number of nitrogens with zero attached hydrogens (tertiary/aromatic N) is 1. The number of ether oxygens (including phenoxy) is 1. The summed E-state index contributed by atoms with van der Waals surface area (Å²) in [6.45, 7) is 6.61. The number of carbonyl (C=O) groups is 2. The molecule has 0 saturated carbocycles. The summed E-state index contributed by atoms with van der Waals surface area (Å²) < 4.78 is 5.75. The summed E-state index contributed by atoms with van der Waals surface area (Å²) in [4.78, 5) is 27.9. The lowest BCUT2D eigenvalue weighted by Crippen LogP contribution is -2.21. The molecule has 2 rings (SSSR count). The molecular weight excluding hydrogens is 326 g/mol. The molecule has 0 radical (unpaired) electrons. The van der Waals surface area contributed by atoms with E-state index in [4.69, 9.17) is 4.74 Å². The van der Waals surface area contributed by atoms with Crippen molar-refractivity contribution in [2.75, 3.05) is 17.2 Å². The van der Waals surface area contributed by atoms with Crippen LogP contribution in [0.5, 0.6) is 5.75 Å². The number of hydrogen-bond donors (Lipinski definition) is 2. The standard InChI is InChI=1S/C17H21N3O3S/c1-11(2)10-23-14-8-12(3)4-5-13(14)19-15(21)9-16(22)20-17-18-6-7-24-17/h4-8,11H,9-10H2,1-3H3,(H,19,21)(H,18,20,22). The minimum Gasteiger partial charge on any atom is -0.491 e. The third-order valence-electron chi connectivity index (χ3n) is 2.98. The minimum atomic E-state index is -0.404. The van der Waals surface area contributed by atoms with Crippen molar-refractivity contribution in [3.8, 4) is 5.75 Å². The van der Waals surface area contributed by atoms with Crippen molar-refractivity contribution < 1.29 is 14.3 Å². The maximum absolute atomic E-state index is 12.1. The van der Waals surface area contributed by atoms with Crippen molar-refractivity contribution in [1.29, 1.82) is 0 Å². The Balaban J connectivity index is 1.96. The molecule has 2 aromatic rings. The fourth-order valence-electron chi connectivity index (χ4n) is 1.90. The Morgan fingerprint density at radius 2 is 2.00 bits per heavy atom. The van der Waals surface area contributed by atoms with Crippen LogP contribution in [0.15, 0.2) is 29.8 Å². The number of nitrogens with one attached hydrogen (secondary N) is 2. The van der Waals surface area contributed by atoms with Crippen LogP contribution in [0.25, 0.3) is 0 Å². The van der Waals surface area contributed by atoms with Crippen LogP contribution in [-0.4, -0.2) is 23.4 Å². The highest BCUT2D eigenvalue weighted by atomic mass is 32.1. The van der Waals surface area contributed by atoms with Crippen molar-refractivity contribution in [1.82, 2.24) is 4.98 Å². The molecule has 7 heteroatoms. The zero-order chi connectivity index (χ0) is 17.5. The van der Waals surface area contributed by atoms with Gasteiger partial charge in [0.15, 0.2) is 5.13 Å². The van der Waals surface area contributed by atoms with E-state index in [1.165, 1.54) is 11.3 Å². The number of benzene rings is 1. The van der Waals surface area contributed by atoms with Crippen molar-refractivity contribution in [3.05, 3.63) is 35.3 Å². The van der Waals surface area contributed by atoms with E-state index in [1.54, 1.807) is 17.6 Å². The van der Waals surface area contributed by atoms with Crippen LogP contribution < -0.4 is 15.4 Å². The first-order valence-corrected chi connectivity index (χ1v) is 8.54. The normalized spacial score (nSPS) is 10.5. The van der Waals surface area contributed by atoms with Crippen molar-refractivity contribution >= 4 is 34.0 Å². The summed E-state index contributed by atoms with van der Waals surface area (Å²) >= 11 is 1.30. The summed E-state index contributed by atoms with van der Waals surface area (Å²) in [7, 11) is 0. The van der Waals surface area contributed by atoms with Gasteiger partial charge >= 0.3 is 0 Å². The van der Waals surface area contributed by atoms with Crippen LogP contribution in [0.1, 0.15) is 25.8 Å². The van der Waals surface area contributed by atoms with E-state index >= 15 is 0 Å². The molecule has 0 fully saturated rings. The number of aromatic nitrogens is 1. The summed E-state index contributed by atoms with van der Waals surface area (Å²) in [5, 5.41) is 7.54. The van der Waals surface area contributed by atoms with E-state index in [9.17, 15) is 9.59 Å². The second-order valence-corrected chi connectivity index (χ2v) is 6.71. The Kier molecular flexibility index (Phi) is 6.31. The predicted molar refractivity (Wildman–Crippen MR) is 95.5 cm³/mol. The molecule has 1 aromatic heterocycles. The van der Waals surface area contributed by atoms with Crippen LogP contribution in [0.2, 0.25) is 0 Å². The first-order valence-electron chi connectivity index (χ1n) is 7.66. The summed E-state index contributed by atoms with van der Waals surface area (Å²) in [6.07, 6.45) is 1.31. The fourth-order valence-corrected chi connectivity index (χ4v) is 2.44. The molecule has 2 amide bonds. The van der Waals surface area contributed by atoms with Gasteiger partial charge in [-0.1, -0.05) is 19.9 Å². The SMILES string of the molecule is Cc1ccc(NC(=O)CC(=O)Nc2nccs2)c(OCC(C)C)c1. The molecule has 0 spiro atoms. The Bertz CT molecular complexity index is 699. The lowest BCUT2D eigenvalue weighted by atomic mass is 10.2.